The molecule has 3 heterocycles. The molecule has 2 atom stereocenters. The van der Waals surface area contributed by atoms with Crippen LogP contribution in [0.3, 0.4) is 0 Å². The Bertz CT molecular complexity index is 3150. The second-order valence-corrected chi connectivity index (χ2v) is 16.3. The molecular formula is C55H39N5S. The number of amidine groups is 2. The third kappa shape index (κ3) is 7.13. The maximum absolute atomic E-state index is 5.31. The molecule has 0 saturated heterocycles. The second kappa shape index (κ2) is 15.8. The van der Waals surface area contributed by atoms with Gasteiger partial charge in [-0.15, -0.1) is 11.3 Å². The van der Waals surface area contributed by atoms with E-state index < -0.39 is 0 Å². The number of aliphatic imine (C=N–C) groups is 3. The highest BCUT2D eigenvalue weighted by molar-refractivity contribution is 7.26. The van der Waals surface area contributed by atoms with E-state index in [1.54, 1.807) is 0 Å². The molecule has 11 rings (SSSR count). The van der Waals surface area contributed by atoms with E-state index in [0.717, 1.165) is 72.9 Å². The quantitative estimate of drug-likeness (QED) is 0.161. The van der Waals surface area contributed by atoms with E-state index in [1.165, 1.54) is 20.2 Å². The summed E-state index contributed by atoms with van der Waals surface area (Å²) in [5, 5.41) is 9.82. The van der Waals surface area contributed by atoms with Gasteiger partial charge in [0.1, 0.15) is 18.2 Å². The minimum atomic E-state index is -0.291. The third-order valence-corrected chi connectivity index (χ3v) is 12.6. The van der Waals surface area contributed by atoms with Gasteiger partial charge in [0.25, 0.3) is 0 Å². The van der Waals surface area contributed by atoms with Crippen LogP contribution in [0.4, 0.5) is 0 Å². The molecule has 0 amide bonds. The van der Waals surface area contributed by atoms with Gasteiger partial charge in [-0.2, -0.15) is 0 Å². The van der Waals surface area contributed by atoms with Crippen molar-refractivity contribution in [1.29, 1.82) is 0 Å². The van der Waals surface area contributed by atoms with Crippen molar-refractivity contribution in [2.24, 2.45) is 15.0 Å². The predicted molar refractivity (Wildman–Crippen MR) is 255 cm³/mol. The van der Waals surface area contributed by atoms with E-state index >= 15 is 0 Å². The van der Waals surface area contributed by atoms with Crippen LogP contribution in [0.5, 0.6) is 0 Å². The molecule has 6 heteroatoms. The molecule has 2 N–H and O–H groups in total. The third-order valence-electron chi connectivity index (χ3n) is 11.4. The lowest BCUT2D eigenvalue weighted by molar-refractivity contribution is 0.664. The van der Waals surface area contributed by atoms with Crippen molar-refractivity contribution in [3.63, 3.8) is 0 Å². The lowest BCUT2D eigenvalue weighted by Gasteiger charge is -2.25. The number of allylic oxidation sites excluding steroid dienone is 1. The first-order chi connectivity index (χ1) is 30.2. The van der Waals surface area contributed by atoms with Crippen molar-refractivity contribution in [3.05, 3.63) is 246 Å². The van der Waals surface area contributed by atoms with Crippen LogP contribution in [0.2, 0.25) is 0 Å². The maximum Gasteiger partial charge on any atom is 0.160 e. The average molecular weight is 802 g/mol. The molecule has 0 saturated carbocycles. The number of thiophene rings is 1. The van der Waals surface area contributed by atoms with Crippen molar-refractivity contribution in [2.75, 3.05) is 0 Å². The number of hydrogen-bond acceptors (Lipinski definition) is 6. The van der Waals surface area contributed by atoms with Gasteiger partial charge < -0.3 is 10.6 Å². The molecule has 1 aromatic heterocycles. The lowest BCUT2D eigenvalue weighted by atomic mass is 9.94. The number of benzene rings is 8. The van der Waals surface area contributed by atoms with Crippen molar-refractivity contribution in [2.45, 2.75) is 12.3 Å². The van der Waals surface area contributed by atoms with Crippen molar-refractivity contribution in [1.82, 2.24) is 10.6 Å². The van der Waals surface area contributed by atoms with E-state index in [0.29, 0.717) is 5.84 Å². The van der Waals surface area contributed by atoms with Gasteiger partial charge in [0.05, 0.1) is 5.71 Å². The first-order valence-corrected chi connectivity index (χ1v) is 21.4. The molecule has 2 aliphatic heterocycles. The highest BCUT2D eigenvalue weighted by Crippen LogP contribution is 2.43. The fraction of sp³-hybridized carbons (Fsp3) is 0.0364. The Labute approximate surface area is 358 Å². The average Bonchev–Trinajstić information content (AvgIpc) is 3.73. The molecule has 5 nitrogen and oxygen atoms in total. The fourth-order valence-electron chi connectivity index (χ4n) is 8.31. The van der Waals surface area contributed by atoms with E-state index in [1.807, 2.05) is 47.7 Å². The fourth-order valence-corrected chi connectivity index (χ4v) is 9.58. The number of hydrogen-bond donors (Lipinski definition) is 2. The minimum absolute atomic E-state index is 0.186. The van der Waals surface area contributed by atoms with Gasteiger partial charge >= 0.3 is 0 Å². The van der Waals surface area contributed by atoms with Crippen LogP contribution < -0.4 is 10.6 Å². The Morgan fingerprint density at radius 3 is 1.61 bits per heavy atom. The summed E-state index contributed by atoms with van der Waals surface area (Å²) in [5.74, 6) is 1.51. The summed E-state index contributed by atoms with van der Waals surface area (Å²) in [4.78, 5) is 15.7. The molecule has 61 heavy (non-hydrogen) atoms. The Kier molecular flexibility index (Phi) is 9.45. The zero-order valence-corrected chi connectivity index (χ0v) is 33.9. The molecule has 290 valence electrons. The summed E-state index contributed by atoms with van der Waals surface area (Å²) in [7, 11) is 0. The molecule has 2 aliphatic rings. The molecule has 0 bridgehead atoms. The van der Waals surface area contributed by atoms with Gasteiger partial charge in [-0.1, -0.05) is 194 Å². The van der Waals surface area contributed by atoms with Crippen LogP contribution in [0, 0.1) is 0 Å². The number of nitrogens with one attached hydrogen (secondary N) is 2. The highest BCUT2D eigenvalue weighted by atomic mass is 32.1. The van der Waals surface area contributed by atoms with Gasteiger partial charge in [0.15, 0.2) is 5.84 Å². The van der Waals surface area contributed by atoms with Crippen LogP contribution >= 0.6 is 11.3 Å². The summed E-state index contributed by atoms with van der Waals surface area (Å²) < 4.78 is 2.49. The van der Waals surface area contributed by atoms with Gasteiger partial charge in [-0.05, 0) is 57.2 Å². The minimum Gasteiger partial charge on any atom is -0.360 e. The number of nitrogens with zero attached hydrogens (tertiary/aromatic N) is 3. The first-order valence-electron chi connectivity index (χ1n) is 20.6. The van der Waals surface area contributed by atoms with Crippen molar-refractivity contribution >= 4 is 54.6 Å². The van der Waals surface area contributed by atoms with Gasteiger partial charge in [0.2, 0.25) is 0 Å². The van der Waals surface area contributed by atoms with Crippen molar-refractivity contribution in [3.8, 4) is 22.3 Å². The Hall–Kier alpha value is -7.67. The maximum atomic E-state index is 5.31. The SMILES string of the molecule is C1=C(c2ccc(-c3ccc(-c4c(C5=NC(c6ccccc6)NC(c6ccccc6)=N5)ccc5c4sc4ccccc45)cc3)cc2)NC(c2ccccc2)N=C1c1ccccc1. The van der Waals surface area contributed by atoms with Crippen LogP contribution in [-0.2, 0) is 0 Å². The Balaban J connectivity index is 0.971. The largest absolute Gasteiger partial charge is 0.360 e. The summed E-state index contributed by atoms with van der Waals surface area (Å²) >= 11 is 1.83. The highest BCUT2D eigenvalue weighted by Gasteiger charge is 2.25. The van der Waals surface area contributed by atoms with Gasteiger partial charge in [0, 0.05) is 42.6 Å². The number of fused-ring (bicyclic) bond motifs is 3. The van der Waals surface area contributed by atoms with Crippen molar-refractivity contribution < 1.29 is 0 Å². The normalized spacial score (nSPS) is 16.2. The number of rotatable bonds is 8. The smallest absolute Gasteiger partial charge is 0.160 e. The Morgan fingerprint density at radius 1 is 0.410 bits per heavy atom. The van der Waals surface area contributed by atoms with Gasteiger partial charge in [-0.25, -0.2) is 9.98 Å². The molecule has 0 aliphatic carbocycles. The van der Waals surface area contributed by atoms with E-state index in [9.17, 15) is 0 Å². The summed E-state index contributed by atoms with van der Waals surface area (Å²) in [6.07, 6.45) is 1.68. The zero-order chi connectivity index (χ0) is 40.5. The standard InChI is InChI=1S/C55H39N5S/c1-5-15-38(16-6-1)47-35-48(57-52(56-47)41-17-7-2-8-18-41)39-29-25-36(26-30-39)37-27-31-40(32-28-37)50-46(34-33-45-44-23-13-14-24-49(44)61-51(45)50)55-59-53(42-19-9-3-10-20-42)58-54(60-55)43-21-11-4-12-22-43/h1-35,52-53,57H,(H,58,59,60). The molecule has 8 aromatic carbocycles. The molecule has 2 unspecified atom stereocenters. The monoisotopic (exact) mass is 801 g/mol. The molecule has 0 fully saturated rings. The van der Waals surface area contributed by atoms with Crippen LogP contribution in [0.15, 0.2) is 227 Å². The summed E-state index contributed by atoms with van der Waals surface area (Å²) in [6, 6.07) is 72.5. The first kappa shape index (κ1) is 36.4. The van der Waals surface area contributed by atoms with Gasteiger partial charge in [-0.3, -0.25) is 4.99 Å². The second-order valence-electron chi connectivity index (χ2n) is 15.3. The lowest BCUT2D eigenvalue weighted by Crippen LogP contribution is -2.33. The zero-order valence-electron chi connectivity index (χ0n) is 33.1. The Morgan fingerprint density at radius 2 is 0.951 bits per heavy atom. The van der Waals surface area contributed by atoms with E-state index in [2.05, 4.69) is 187 Å². The van der Waals surface area contributed by atoms with E-state index in [-0.39, 0.29) is 12.3 Å². The summed E-state index contributed by atoms with van der Waals surface area (Å²) in [5.41, 5.74) is 13.0. The summed E-state index contributed by atoms with van der Waals surface area (Å²) in [6.45, 7) is 0. The molecular weight excluding hydrogens is 763 g/mol. The van der Waals surface area contributed by atoms with Crippen LogP contribution in [0.1, 0.15) is 45.7 Å². The van der Waals surface area contributed by atoms with Crippen LogP contribution in [0.25, 0.3) is 48.1 Å². The molecule has 0 radical (unpaired) electrons. The topological polar surface area (TPSA) is 61.1 Å². The van der Waals surface area contributed by atoms with Crippen LogP contribution in [-0.4, -0.2) is 17.4 Å². The van der Waals surface area contributed by atoms with E-state index in [4.69, 9.17) is 15.0 Å². The predicted octanol–water partition coefficient (Wildman–Crippen LogP) is 13.0. The molecule has 0 spiro atoms. The molecule has 9 aromatic rings.